The third kappa shape index (κ3) is 6.05. The van der Waals surface area contributed by atoms with E-state index in [-0.39, 0.29) is 17.2 Å². The first-order valence-electron chi connectivity index (χ1n) is 10.3. The fourth-order valence-corrected chi connectivity index (χ4v) is 3.29. The molecule has 0 saturated heterocycles. The number of nitrogens with one attached hydrogen (secondary N) is 1. The van der Waals surface area contributed by atoms with Gasteiger partial charge in [-0.3, -0.25) is 4.79 Å². The van der Waals surface area contributed by atoms with Gasteiger partial charge < -0.3 is 14.8 Å². The van der Waals surface area contributed by atoms with Gasteiger partial charge in [0.25, 0.3) is 18.4 Å². The Morgan fingerprint density at radius 3 is 2.40 bits per heavy atom. The third-order valence-electron chi connectivity index (χ3n) is 4.98. The minimum atomic E-state index is -3.08. The summed E-state index contributed by atoms with van der Waals surface area (Å²) in [6, 6.07) is 11.1. The van der Waals surface area contributed by atoms with Gasteiger partial charge in [0.2, 0.25) is 5.88 Å². The van der Waals surface area contributed by atoms with Gasteiger partial charge in [0.05, 0.1) is 18.7 Å². The highest BCUT2D eigenvalue weighted by Gasteiger charge is 2.30. The van der Waals surface area contributed by atoms with Gasteiger partial charge in [-0.2, -0.15) is 13.9 Å². The van der Waals surface area contributed by atoms with Crippen LogP contribution in [0.25, 0.3) is 6.08 Å². The predicted molar refractivity (Wildman–Crippen MR) is 119 cm³/mol. The molecule has 0 fully saturated rings. The molecular formula is C24H21F4N3O4. The Bertz CT molecular complexity index is 1250. The highest BCUT2D eigenvalue weighted by atomic mass is 19.3. The predicted octanol–water partition coefficient (Wildman–Crippen LogP) is 5.67. The molecule has 1 atom stereocenters. The van der Waals surface area contributed by atoms with E-state index in [1.165, 1.54) is 50.6 Å². The van der Waals surface area contributed by atoms with Crippen molar-refractivity contribution in [3.63, 3.8) is 0 Å². The maximum absolute atomic E-state index is 13.7. The molecule has 0 aliphatic carbocycles. The van der Waals surface area contributed by atoms with Crippen LogP contribution in [0.4, 0.5) is 17.6 Å². The first-order chi connectivity index (χ1) is 16.6. The number of hydrogen-bond acceptors (Lipinski definition) is 5. The SMILES string of the molecule is COC(=O)c1ccc(C(C)NC(=O)c2c(C(F)F)nn(C)c2Oc2cccc(C=C(F)F)c2)cc1. The summed E-state index contributed by atoms with van der Waals surface area (Å²) in [6.07, 6.45) is -4.39. The summed E-state index contributed by atoms with van der Waals surface area (Å²) < 4.78 is 63.8. The average molecular weight is 491 g/mol. The van der Waals surface area contributed by atoms with E-state index in [0.29, 0.717) is 17.2 Å². The van der Waals surface area contributed by atoms with Crippen molar-refractivity contribution >= 4 is 18.0 Å². The second-order valence-corrected chi connectivity index (χ2v) is 7.41. The summed E-state index contributed by atoms with van der Waals surface area (Å²) in [6.45, 7) is 1.63. The van der Waals surface area contributed by atoms with Crippen LogP contribution < -0.4 is 10.1 Å². The summed E-state index contributed by atoms with van der Waals surface area (Å²) in [5, 5.41) is 6.33. The zero-order valence-electron chi connectivity index (χ0n) is 18.9. The van der Waals surface area contributed by atoms with E-state index >= 15 is 0 Å². The fourth-order valence-electron chi connectivity index (χ4n) is 3.29. The van der Waals surface area contributed by atoms with E-state index in [2.05, 4.69) is 15.2 Å². The van der Waals surface area contributed by atoms with Crippen molar-refractivity contribution in [1.82, 2.24) is 15.1 Å². The second kappa shape index (κ2) is 10.9. The summed E-state index contributed by atoms with van der Waals surface area (Å²) in [7, 11) is 2.57. The highest BCUT2D eigenvalue weighted by Crippen LogP contribution is 2.33. The molecular weight excluding hydrogens is 470 g/mol. The molecule has 0 spiro atoms. The Morgan fingerprint density at radius 2 is 1.80 bits per heavy atom. The maximum Gasteiger partial charge on any atom is 0.337 e. The molecule has 2 aromatic carbocycles. The minimum Gasteiger partial charge on any atom is -0.465 e. The number of nitrogens with zero attached hydrogens (tertiary/aromatic N) is 2. The van der Waals surface area contributed by atoms with E-state index in [1.54, 1.807) is 19.1 Å². The van der Waals surface area contributed by atoms with Crippen molar-refractivity contribution in [1.29, 1.82) is 0 Å². The van der Waals surface area contributed by atoms with Gasteiger partial charge in [-0.25, -0.2) is 18.3 Å². The number of aryl methyl sites for hydroxylation is 1. The molecule has 1 N–H and O–H groups in total. The molecule has 11 heteroatoms. The third-order valence-corrected chi connectivity index (χ3v) is 4.98. The molecule has 35 heavy (non-hydrogen) atoms. The van der Waals surface area contributed by atoms with Crippen molar-refractivity contribution < 1.29 is 36.6 Å². The number of aromatic nitrogens is 2. The fraction of sp³-hybridized carbons (Fsp3) is 0.208. The second-order valence-electron chi connectivity index (χ2n) is 7.41. The van der Waals surface area contributed by atoms with Gasteiger partial charge >= 0.3 is 5.97 Å². The van der Waals surface area contributed by atoms with Crippen LogP contribution in [0, 0.1) is 0 Å². The lowest BCUT2D eigenvalue weighted by Gasteiger charge is -2.16. The number of rotatable bonds is 8. The number of halogens is 4. The number of carbonyl (C=O) groups is 2. The number of esters is 1. The zero-order valence-corrected chi connectivity index (χ0v) is 18.9. The van der Waals surface area contributed by atoms with Crippen LogP contribution in [0.3, 0.4) is 0 Å². The summed E-state index contributed by atoms with van der Waals surface area (Å²) in [5.74, 6) is -1.64. The molecule has 1 amide bonds. The number of benzene rings is 2. The van der Waals surface area contributed by atoms with E-state index in [9.17, 15) is 27.2 Å². The molecule has 0 aliphatic rings. The molecule has 1 heterocycles. The van der Waals surface area contributed by atoms with Gasteiger partial charge in [0.1, 0.15) is 17.0 Å². The van der Waals surface area contributed by atoms with Gasteiger partial charge in [0, 0.05) is 13.1 Å². The van der Waals surface area contributed by atoms with Crippen molar-refractivity contribution in [2.24, 2.45) is 7.05 Å². The zero-order chi connectivity index (χ0) is 25.7. The van der Waals surface area contributed by atoms with E-state index in [4.69, 9.17) is 4.74 Å². The molecule has 1 unspecified atom stereocenters. The van der Waals surface area contributed by atoms with E-state index < -0.39 is 41.7 Å². The number of carbonyl (C=O) groups excluding carboxylic acids is 2. The molecule has 3 aromatic rings. The summed E-state index contributed by atoms with van der Waals surface area (Å²) >= 11 is 0. The smallest absolute Gasteiger partial charge is 0.337 e. The van der Waals surface area contributed by atoms with Gasteiger partial charge in [-0.1, -0.05) is 24.3 Å². The standard InChI is InChI=1S/C24H21F4N3O4/c1-13(15-7-9-16(10-8-15)24(33)34-3)29-22(32)19-20(21(27)28)30-31(2)23(19)35-17-6-4-5-14(11-17)12-18(25)26/h4-13,21H,1-3H3,(H,29,32). The first kappa shape index (κ1) is 25.5. The van der Waals surface area contributed by atoms with Crippen LogP contribution in [0.2, 0.25) is 0 Å². The van der Waals surface area contributed by atoms with Crippen molar-refractivity contribution in [2.75, 3.05) is 7.11 Å². The van der Waals surface area contributed by atoms with Crippen LogP contribution in [0.5, 0.6) is 11.6 Å². The molecule has 0 saturated carbocycles. The van der Waals surface area contributed by atoms with Crippen molar-refractivity contribution in [3.8, 4) is 11.6 Å². The monoisotopic (exact) mass is 491 g/mol. The minimum absolute atomic E-state index is 0.0457. The Labute approximate surface area is 198 Å². The Morgan fingerprint density at radius 1 is 1.11 bits per heavy atom. The molecule has 7 nitrogen and oxygen atoms in total. The highest BCUT2D eigenvalue weighted by molar-refractivity contribution is 5.98. The quantitative estimate of drug-likeness (QED) is 0.325. The molecule has 0 radical (unpaired) electrons. The first-order valence-corrected chi connectivity index (χ1v) is 10.3. The van der Waals surface area contributed by atoms with Crippen LogP contribution in [-0.4, -0.2) is 28.8 Å². The normalized spacial score (nSPS) is 11.7. The van der Waals surface area contributed by atoms with E-state index in [0.717, 1.165) is 4.68 Å². The summed E-state index contributed by atoms with van der Waals surface area (Å²) in [4.78, 5) is 24.6. The molecule has 0 bridgehead atoms. The molecule has 0 aliphatic heterocycles. The number of alkyl halides is 2. The van der Waals surface area contributed by atoms with Crippen LogP contribution >= 0.6 is 0 Å². The molecule has 1 aromatic heterocycles. The van der Waals surface area contributed by atoms with Gasteiger partial charge in [0.15, 0.2) is 0 Å². The van der Waals surface area contributed by atoms with Crippen molar-refractivity contribution in [2.45, 2.75) is 19.4 Å². The van der Waals surface area contributed by atoms with Crippen molar-refractivity contribution in [3.05, 3.63) is 82.6 Å². The van der Waals surface area contributed by atoms with Crippen LogP contribution in [0.1, 0.15) is 56.9 Å². The Hall–Kier alpha value is -4.15. The number of hydrogen-bond donors (Lipinski definition) is 1. The Kier molecular flexibility index (Phi) is 7.90. The number of amides is 1. The lowest BCUT2D eigenvalue weighted by molar-refractivity contribution is 0.0600. The van der Waals surface area contributed by atoms with E-state index in [1.807, 2.05) is 0 Å². The lowest BCUT2D eigenvalue weighted by atomic mass is 10.1. The lowest BCUT2D eigenvalue weighted by Crippen LogP contribution is -2.27. The summed E-state index contributed by atoms with van der Waals surface area (Å²) in [5.41, 5.74) is -0.253. The Balaban J connectivity index is 1.90. The number of methoxy groups -OCH3 is 1. The van der Waals surface area contributed by atoms with Gasteiger partial charge in [-0.15, -0.1) is 0 Å². The van der Waals surface area contributed by atoms with Crippen LogP contribution in [0.15, 0.2) is 54.6 Å². The van der Waals surface area contributed by atoms with Gasteiger partial charge in [-0.05, 0) is 42.3 Å². The van der Waals surface area contributed by atoms with Crippen LogP contribution in [-0.2, 0) is 11.8 Å². The topological polar surface area (TPSA) is 82.5 Å². The average Bonchev–Trinajstić information content (AvgIpc) is 3.14. The number of ether oxygens (including phenoxy) is 2. The molecule has 184 valence electrons. The maximum atomic E-state index is 13.7. The molecule has 3 rings (SSSR count). The largest absolute Gasteiger partial charge is 0.465 e.